The van der Waals surface area contributed by atoms with E-state index in [1.165, 1.54) is 11.3 Å². The highest BCUT2D eigenvalue weighted by Crippen LogP contribution is 2.32. The van der Waals surface area contributed by atoms with Gasteiger partial charge in [-0.05, 0) is 38.1 Å². The van der Waals surface area contributed by atoms with Crippen LogP contribution in [0.2, 0.25) is 0 Å². The van der Waals surface area contributed by atoms with Crippen LogP contribution in [0, 0.1) is 0 Å². The zero-order chi connectivity index (χ0) is 20.9. The zero-order valence-electron chi connectivity index (χ0n) is 17.4. The van der Waals surface area contributed by atoms with Crippen molar-refractivity contribution in [3.63, 3.8) is 0 Å². The quantitative estimate of drug-likeness (QED) is 0.548. The highest BCUT2D eigenvalue weighted by Gasteiger charge is 2.24. The van der Waals surface area contributed by atoms with Crippen molar-refractivity contribution in [2.24, 2.45) is 0 Å². The summed E-state index contributed by atoms with van der Waals surface area (Å²) in [7, 11) is 0. The molecule has 0 aliphatic carbocycles. The Kier molecular flexibility index (Phi) is 6.61. The van der Waals surface area contributed by atoms with Crippen molar-refractivity contribution in [2.45, 2.75) is 20.4 Å². The Labute approximate surface area is 180 Å². The van der Waals surface area contributed by atoms with Crippen molar-refractivity contribution in [1.29, 1.82) is 0 Å². The fourth-order valence-electron chi connectivity index (χ4n) is 3.41. The molecule has 30 heavy (non-hydrogen) atoms. The van der Waals surface area contributed by atoms with Gasteiger partial charge in [0.2, 0.25) is 0 Å². The molecule has 1 aliphatic rings. The lowest BCUT2D eigenvalue weighted by Crippen LogP contribution is -2.43. The van der Waals surface area contributed by atoms with Gasteiger partial charge in [0, 0.05) is 38.9 Å². The normalized spacial score (nSPS) is 14.9. The fraction of sp³-hybridized carbons (Fsp3) is 0.476. The van der Waals surface area contributed by atoms with Gasteiger partial charge in [0.1, 0.15) is 5.75 Å². The van der Waals surface area contributed by atoms with Crippen LogP contribution >= 0.6 is 11.3 Å². The van der Waals surface area contributed by atoms with E-state index in [9.17, 15) is 4.79 Å². The Balaban J connectivity index is 1.61. The van der Waals surface area contributed by atoms with Gasteiger partial charge in [-0.3, -0.25) is 19.3 Å². The maximum Gasteiger partial charge on any atom is 0.280 e. The first-order chi connectivity index (χ1) is 14.7. The molecule has 160 valence electrons. The molecular weight excluding hydrogens is 402 g/mol. The molecule has 2 aromatic heterocycles. The van der Waals surface area contributed by atoms with Gasteiger partial charge >= 0.3 is 0 Å². The number of aryl methyl sites for hydroxylation is 1. The predicted molar refractivity (Wildman–Crippen MR) is 118 cm³/mol. The largest absolute Gasteiger partial charge is 0.494 e. The molecule has 1 aliphatic heterocycles. The molecule has 8 nitrogen and oxygen atoms in total. The predicted octanol–water partition coefficient (Wildman–Crippen LogP) is 2.89. The van der Waals surface area contributed by atoms with Gasteiger partial charge in [-0.2, -0.15) is 5.10 Å². The maximum atomic E-state index is 13.3. The molecule has 0 saturated carbocycles. The highest BCUT2D eigenvalue weighted by molar-refractivity contribution is 7.22. The summed E-state index contributed by atoms with van der Waals surface area (Å²) in [5.41, 5.74) is 1.30. The summed E-state index contributed by atoms with van der Waals surface area (Å²) in [4.78, 5) is 22.2. The Morgan fingerprint density at radius 1 is 1.27 bits per heavy atom. The Morgan fingerprint density at radius 2 is 2.10 bits per heavy atom. The average Bonchev–Trinajstić information content (AvgIpc) is 3.41. The lowest BCUT2D eigenvalue weighted by atomic mass is 10.3. The van der Waals surface area contributed by atoms with Gasteiger partial charge in [0.15, 0.2) is 10.8 Å². The number of hydrogen-bond acceptors (Lipinski definition) is 7. The van der Waals surface area contributed by atoms with Gasteiger partial charge in [0.05, 0.1) is 30.0 Å². The average molecular weight is 430 g/mol. The van der Waals surface area contributed by atoms with Gasteiger partial charge < -0.3 is 9.47 Å². The number of hydrogen-bond donors (Lipinski definition) is 0. The van der Waals surface area contributed by atoms with Crippen molar-refractivity contribution >= 4 is 32.6 Å². The molecule has 3 heterocycles. The maximum absolute atomic E-state index is 13.3. The standard InChI is InChI=1S/C21H27N5O3S/c1-3-25-8-7-18(23-25)20(27)26(10-9-24-11-13-28-14-12-24)21-22-17-6-5-16(29-4-2)15-19(17)30-21/h5-8,15H,3-4,9-14H2,1-2H3. The van der Waals surface area contributed by atoms with Crippen LogP contribution in [0.1, 0.15) is 24.3 Å². The third-order valence-electron chi connectivity index (χ3n) is 5.06. The topological polar surface area (TPSA) is 72.7 Å². The van der Waals surface area contributed by atoms with Gasteiger partial charge in [-0.25, -0.2) is 4.98 Å². The highest BCUT2D eigenvalue weighted by atomic mass is 32.1. The molecule has 0 radical (unpaired) electrons. The van der Waals surface area contributed by atoms with E-state index < -0.39 is 0 Å². The number of amides is 1. The van der Waals surface area contributed by atoms with Crippen LogP contribution in [0.15, 0.2) is 30.5 Å². The summed E-state index contributed by atoms with van der Waals surface area (Å²) in [6.45, 7) is 9.84. The molecule has 1 amide bonds. The van der Waals surface area contributed by atoms with Crippen LogP contribution in [-0.4, -0.2) is 71.6 Å². The summed E-state index contributed by atoms with van der Waals surface area (Å²) in [5.74, 6) is 0.688. The number of ether oxygens (including phenoxy) is 2. The zero-order valence-corrected chi connectivity index (χ0v) is 18.2. The first-order valence-electron chi connectivity index (χ1n) is 10.4. The fourth-order valence-corrected chi connectivity index (χ4v) is 4.42. The van der Waals surface area contributed by atoms with E-state index in [1.807, 2.05) is 38.2 Å². The van der Waals surface area contributed by atoms with E-state index >= 15 is 0 Å². The van der Waals surface area contributed by atoms with Crippen molar-refractivity contribution in [3.8, 4) is 5.75 Å². The molecule has 0 unspecified atom stereocenters. The Bertz CT molecular complexity index is 996. The monoisotopic (exact) mass is 429 g/mol. The summed E-state index contributed by atoms with van der Waals surface area (Å²) in [6, 6.07) is 7.61. The molecule has 9 heteroatoms. The summed E-state index contributed by atoms with van der Waals surface area (Å²) >= 11 is 1.50. The lowest BCUT2D eigenvalue weighted by molar-refractivity contribution is 0.0391. The number of anilines is 1. The molecule has 4 rings (SSSR count). The number of fused-ring (bicyclic) bond motifs is 1. The van der Waals surface area contributed by atoms with Crippen LogP contribution in [0.5, 0.6) is 5.75 Å². The molecule has 1 saturated heterocycles. The van der Waals surface area contributed by atoms with Crippen LogP contribution < -0.4 is 9.64 Å². The molecule has 0 N–H and O–H groups in total. The molecule has 1 aromatic carbocycles. The molecule has 1 fully saturated rings. The SMILES string of the molecule is CCOc1ccc2nc(N(CCN3CCOCC3)C(=O)c3ccn(CC)n3)sc2c1. The molecule has 0 atom stereocenters. The van der Waals surface area contributed by atoms with Crippen LogP contribution in [0.3, 0.4) is 0 Å². The van der Waals surface area contributed by atoms with Crippen molar-refractivity contribution in [2.75, 3.05) is 50.9 Å². The number of carbonyl (C=O) groups excluding carboxylic acids is 1. The second-order valence-corrected chi connectivity index (χ2v) is 8.04. The smallest absolute Gasteiger partial charge is 0.280 e. The summed E-state index contributed by atoms with van der Waals surface area (Å²) < 4.78 is 13.8. The summed E-state index contributed by atoms with van der Waals surface area (Å²) in [6.07, 6.45) is 1.83. The minimum Gasteiger partial charge on any atom is -0.494 e. The number of benzene rings is 1. The van der Waals surface area contributed by atoms with Crippen LogP contribution in [-0.2, 0) is 11.3 Å². The Hall–Kier alpha value is -2.49. The van der Waals surface area contributed by atoms with Crippen LogP contribution in [0.25, 0.3) is 10.2 Å². The lowest BCUT2D eigenvalue weighted by Gasteiger charge is -2.29. The number of morpholine rings is 1. The first kappa shape index (κ1) is 20.8. The van der Waals surface area contributed by atoms with E-state index in [-0.39, 0.29) is 5.91 Å². The number of nitrogens with zero attached hydrogens (tertiary/aromatic N) is 5. The first-order valence-corrected chi connectivity index (χ1v) is 11.2. The van der Waals surface area contributed by atoms with E-state index in [4.69, 9.17) is 14.5 Å². The minimum absolute atomic E-state index is 0.125. The Morgan fingerprint density at radius 3 is 2.83 bits per heavy atom. The van der Waals surface area contributed by atoms with Crippen molar-refractivity contribution < 1.29 is 14.3 Å². The van der Waals surface area contributed by atoms with Crippen LogP contribution in [0.4, 0.5) is 5.13 Å². The molecule has 0 spiro atoms. The van der Waals surface area contributed by atoms with E-state index in [1.54, 1.807) is 15.6 Å². The minimum atomic E-state index is -0.125. The summed E-state index contributed by atoms with van der Waals surface area (Å²) in [5, 5.41) is 5.09. The van der Waals surface area contributed by atoms with Crippen molar-refractivity contribution in [1.82, 2.24) is 19.7 Å². The number of thiazole rings is 1. The molecular formula is C21H27N5O3S. The third kappa shape index (κ3) is 4.63. The number of carbonyl (C=O) groups is 1. The van der Waals surface area contributed by atoms with E-state index in [2.05, 4.69) is 10.00 Å². The molecule has 0 bridgehead atoms. The van der Waals surface area contributed by atoms with Gasteiger partial charge in [-0.15, -0.1) is 0 Å². The van der Waals surface area contributed by atoms with E-state index in [0.29, 0.717) is 24.0 Å². The second kappa shape index (κ2) is 9.55. The number of rotatable bonds is 8. The van der Waals surface area contributed by atoms with E-state index in [0.717, 1.165) is 55.4 Å². The number of aromatic nitrogens is 3. The van der Waals surface area contributed by atoms with Crippen molar-refractivity contribution in [3.05, 3.63) is 36.2 Å². The van der Waals surface area contributed by atoms with Gasteiger partial charge in [-0.1, -0.05) is 11.3 Å². The van der Waals surface area contributed by atoms with Gasteiger partial charge in [0.25, 0.3) is 5.91 Å². The molecule has 3 aromatic rings. The second-order valence-electron chi connectivity index (χ2n) is 7.03. The third-order valence-corrected chi connectivity index (χ3v) is 6.10.